The predicted molar refractivity (Wildman–Crippen MR) is 77.3 cm³/mol. The van der Waals surface area contributed by atoms with Gasteiger partial charge in [0.05, 0.1) is 6.10 Å². The Balaban J connectivity index is 2.91. The van der Waals surface area contributed by atoms with Gasteiger partial charge in [0.15, 0.2) is 8.32 Å². The van der Waals surface area contributed by atoms with Crippen LogP contribution in [0.3, 0.4) is 0 Å². The summed E-state index contributed by atoms with van der Waals surface area (Å²) in [5.74, 6) is -1.86. The molecule has 0 N–H and O–H groups in total. The van der Waals surface area contributed by atoms with Crippen molar-refractivity contribution >= 4 is 14.2 Å². The third kappa shape index (κ3) is 5.89. The molecular weight excluding hydrogens is 299 g/mol. The lowest BCUT2D eigenvalue weighted by molar-refractivity contribution is -0.185. The first-order chi connectivity index (χ1) is 9.50. The van der Waals surface area contributed by atoms with E-state index >= 15 is 0 Å². The van der Waals surface area contributed by atoms with Crippen molar-refractivity contribution in [2.45, 2.75) is 31.9 Å². The molecule has 21 heavy (non-hydrogen) atoms. The minimum absolute atomic E-state index is 0.132. The lowest BCUT2D eigenvalue weighted by Gasteiger charge is -2.30. The van der Waals surface area contributed by atoms with E-state index in [1.165, 1.54) is 0 Å². The quantitative estimate of drug-likeness (QED) is 0.776. The summed E-state index contributed by atoms with van der Waals surface area (Å²) in [6, 6.07) is 8.98. The third-order valence-electron chi connectivity index (χ3n) is 2.70. The number of rotatable bonds is 5. The summed E-state index contributed by atoms with van der Waals surface area (Å²) < 4.78 is 43.3. The lowest BCUT2D eigenvalue weighted by Crippen LogP contribution is -2.42. The molecule has 0 spiro atoms. The molecule has 0 aliphatic rings. The predicted octanol–water partition coefficient (Wildman–Crippen LogP) is 3.60. The molecule has 1 unspecified atom stereocenters. The smallest absolute Gasteiger partial charge is 0.409 e. The average Bonchev–Trinajstić information content (AvgIpc) is 2.35. The van der Waals surface area contributed by atoms with Gasteiger partial charge < -0.3 is 9.33 Å². The monoisotopic (exact) mass is 319 g/mol. The first kappa shape index (κ1) is 17.7. The summed E-state index contributed by atoms with van der Waals surface area (Å²) in [5, 5.41) is 0. The maximum atomic E-state index is 12.5. The van der Waals surface area contributed by atoms with Gasteiger partial charge in [-0.15, -0.1) is 0 Å². The Bertz CT molecular complexity index is 471. The Morgan fingerprint density at radius 1 is 1.24 bits per heavy atom. The Hall–Kier alpha value is -1.34. The van der Waals surface area contributed by atoms with Gasteiger partial charge in [-0.3, -0.25) is 4.79 Å². The molecule has 1 amide bonds. The van der Waals surface area contributed by atoms with E-state index in [0.717, 1.165) is 12.6 Å². The van der Waals surface area contributed by atoms with E-state index in [9.17, 15) is 18.0 Å². The summed E-state index contributed by atoms with van der Waals surface area (Å²) in [4.78, 5) is 11.9. The van der Waals surface area contributed by atoms with Crippen molar-refractivity contribution in [3.63, 3.8) is 0 Å². The lowest BCUT2D eigenvalue weighted by atomic mass is 10.1. The summed E-state index contributed by atoms with van der Waals surface area (Å²) in [7, 11) is -0.832. The van der Waals surface area contributed by atoms with Crippen LogP contribution < -0.4 is 0 Å². The van der Waals surface area contributed by atoms with Crippen molar-refractivity contribution < 1.29 is 22.4 Å². The molecule has 0 bridgehead atoms. The molecule has 0 aliphatic heterocycles. The van der Waals surface area contributed by atoms with E-state index in [2.05, 4.69) is 0 Å². The molecule has 1 atom stereocenters. The molecule has 0 radical (unpaired) electrons. The fourth-order valence-electron chi connectivity index (χ4n) is 1.85. The largest absolute Gasteiger partial charge is 0.471 e. The van der Waals surface area contributed by atoms with Gasteiger partial charge in [0, 0.05) is 13.6 Å². The van der Waals surface area contributed by atoms with E-state index in [0.29, 0.717) is 4.90 Å². The van der Waals surface area contributed by atoms with Gasteiger partial charge in [-0.05, 0) is 25.2 Å². The van der Waals surface area contributed by atoms with E-state index in [-0.39, 0.29) is 6.54 Å². The number of benzene rings is 1. The Morgan fingerprint density at radius 3 is 2.19 bits per heavy atom. The zero-order valence-electron chi connectivity index (χ0n) is 12.6. The molecule has 0 saturated heterocycles. The van der Waals surface area contributed by atoms with Crippen molar-refractivity contribution in [3.05, 3.63) is 35.9 Å². The van der Waals surface area contributed by atoms with Gasteiger partial charge >= 0.3 is 12.1 Å². The molecule has 118 valence electrons. The second kappa shape index (κ2) is 6.61. The van der Waals surface area contributed by atoms with Crippen LogP contribution in [0.4, 0.5) is 13.2 Å². The topological polar surface area (TPSA) is 29.5 Å². The molecule has 1 rings (SSSR count). The van der Waals surface area contributed by atoms with Crippen molar-refractivity contribution in [2.75, 3.05) is 13.6 Å². The van der Waals surface area contributed by atoms with Gasteiger partial charge in [0.1, 0.15) is 0 Å². The van der Waals surface area contributed by atoms with E-state index in [4.69, 9.17) is 4.43 Å². The van der Waals surface area contributed by atoms with Gasteiger partial charge in [0.25, 0.3) is 0 Å². The highest BCUT2D eigenvalue weighted by atomic mass is 28.4. The minimum atomic E-state index is -4.87. The number of alkyl halides is 3. The van der Waals surface area contributed by atoms with E-state index in [1.54, 1.807) is 24.3 Å². The number of hydrogen-bond acceptors (Lipinski definition) is 2. The van der Waals surface area contributed by atoms with Gasteiger partial charge in [-0.2, -0.15) is 13.2 Å². The maximum Gasteiger partial charge on any atom is 0.471 e. The molecule has 0 saturated carbocycles. The molecule has 0 aromatic heterocycles. The molecule has 3 nitrogen and oxygen atoms in total. The number of nitrogens with zero attached hydrogens (tertiary/aromatic N) is 1. The van der Waals surface area contributed by atoms with Crippen LogP contribution in [0.2, 0.25) is 19.6 Å². The number of halogens is 3. The van der Waals surface area contributed by atoms with Crippen molar-refractivity contribution in [1.29, 1.82) is 0 Å². The number of amides is 1. The average molecular weight is 319 g/mol. The summed E-state index contributed by atoms with van der Waals surface area (Å²) in [5.41, 5.74) is 0.766. The molecule has 0 aliphatic carbocycles. The second-order valence-corrected chi connectivity index (χ2v) is 10.3. The van der Waals surface area contributed by atoms with Gasteiger partial charge in [0.2, 0.25) is 0 Å². The van der Waals surface area contributed by atoms with E-state index < -0.39 is 26.5 Å². The Labute approximate surface area is 123 Å². The SMILES string of the molecule is CN(CC(O[Si](C)(C)C)c1ccccc1)C(=O)C(F)(F)F. The first-order valence-corrected chi connectivity index (χ1v) is 9.96. The minimum Gasteiger partial charge on any atom is -0.409 e. The van der Waals surface area contributed by atoms with Crippen LogP contribution in [0.1, 0.15) is 11.7 Å². The third-order valence-corrected chi connectivity index (χ3v) is 3.69. The Morgan fingerprint density at radius 2 is 1.76 bits per heavy atom. The highest BCUT2D eigenvalue weighted by Crippen LogP contribution is 2.25. The van der Waals surface area contributed by atoms with Crippen LogP contribution >= 0.6 is 0 Å². The fourth-order valence-corrected chi connectivity index (χ4v) is 2.92. The maximum absolute atomic E-state index is 12.5. The van der Waals surface area contributed by atoms with Crippen LogP contribution in [-0.2, 0) is 9.22 Å². The molecule has 7 heteroatoms. The summed E-state index contributed by atoms with van der Waals surface area (Å²) >= 11 is 0. The van der Waals surface area contributed by atoms with Crippen LogP contribution in [0.5, 0.6) is 0 Å². The van der Waals surface area contributed by atoms with Gasteiger partial charge in [-0.25, -0.2) is 0 Å². The number of likely N-dealkylation sites (N-methyl/N-ethyl adjacent to an activating group) is 1. The van der Waals surface area contributed by atoms with Crippen LogP contribution in [0.15, 0.2) is 30.3 Å². The molecule has 0 heterocycles. The number of carbonyl (C=O) groups excluding carboxylic acids is 1. The second-order valence-electron chi connectivity index (χ2n) is 5.81. The van der Waals surface area contributed by atoms with Crippen LogP contribution in [0, 0.1) is 0 Å². The number of carbonyl (C=O) groups is 1. The number of hydrogen-bond donors (Lipinski definition) is 0. The molecule has 1 aromatic carbocycles. The van der Waals surface area contributed by atoms with Crippen molar-refractivity contribution in [1.82, 2.24) is 4.90 Å². The molecular formula is C14H20F3NO2Si. The van der Waals surface area contributed by atoms with E-state index in [1.807, 2.05) is 25.7 Å². The first-order valence-electron chi connectivity index (χ1n) is 6.56. The highest BCUT2D eigenvalue weighted by molar-refractivity contribution is 6.69. The summed E-state index contributed by atoms with van der Waals surface area (Å²) in [6.45, 7) is 5.73. The zero-order chi connectivity index (χ0) is 16.3. The van der Waals surface area contributed by atoms with Crippen LogP contribution in [-0.4, -0.2) is 38.9 Å². The fraction of sp³-hybridized carbons (Fsp3) is 0.500. The van der Waals surface area contributed by atoms with Crippen LogP contribution in [0.25, 0.3) is 0 Å². The van der Waals surface area contributed by atoms with Crippen molar-refractivity contribution in [2.24, 2.45) is 0 Å². The van der Waals surface area contributed by atoms with Crippen molar-refractivity contribution in [3.8, 4) is 0 Å². The normalized spacial score (nSPS) is 13.9. The van der Waals surface area contributed by atoms with Gasteiger partial charge in [-0.1, -0.05) is 30.3 Å². The standard InChI is InChI=1S/C14H20F3NO2Si/c1-18(13(19)14(15,16)17)10-12(20-21(2,3)4)11-8-6-5-7-9-11/h5-9,12H,10H2,1-4H3. The molecule has 0 fully saturated rings. The zero-order valence-corrected chi connectivity index (χ0v) is 13.6. The summed E-state index contributed by atoms with van der Waals surface area (Å²) in [6.07, 6.45) is -5.43. The molecule has 1 aromatic rings. The Kier molecular flexibility index (Phi) is 5.58. The highest BCUT2D eigenvalue weighted by Gasteiger charge is 2.42.